The van der Waals surface area contributed by atoms with Crippen LogP contribution in [0.1, 0.15) is 13.3 Å². The Hall–Kier alpha value is -1.34. The largest absolute Gasteiger partial charge is 0.464 e. The number of nitrogens with zero attached hydrogens (tertiary/aromatic N) is 1. The fourth-order valence-corrected chi connectivity index (χ4v) is 2.14. The minimum Gasteiger partial charge on any atom is -0.464 e. The quantitative estimate of drug-likeness (QED) is 0.507. The van der Waals surface area contributed by atoms with Crippen molar-refractivity contribution >= 4 is 5.97 Å². The third-order valence-electron chi connectivity index (χ3n) is 2.83. The van der Waals surface area contributed by atoms with Gasteiger partial charge in [0.05, 0.1) is 12.7 Å². The average molecular weight is 192 g/mol. The van der Waals surface area contributed by atoms with Gasteiger partial charge in [-0.05, 0) is 13.3 Å². The minimum absolute atomic E-state index is 0.0310. The first-order valence-electron chi connectivity index (χ1n) is 4.77. The van der Waals surface area contributed by atoms with Gasteiger partial charge >= 0.3 is 5.97 Å². The smallest absolute Gasteiger partial charge is 0.341 e. The predicted octanol–water partition coefficient (Wildman–Crippen LogP) is 0.360. The van der Waals surface area contributed by atoms with E-state index in [0.29, 0.717) is 6.61 Å². The number of hydrogen-bond acceptors (Lipinski definition) is 4. The van der Waals surface area contributed by atoms with Gasteiger partial charge in [0, 0.05) is 12.0 Å². The predicted molar refractivity (Wildman–Crippen MR) is 49.1 cm³/mol. The van der Waals surface area contributed by atoms with E-state index in [1.807, 2.05) is 12.2 Å². The van der Waals surface area contributed by atoms with E-state index in [2.05, 4.69) is 11.4 Å². The summed E-state index contributed by atoms with van der Waals surface area (Å²) in [5.74, 6) is -0.476. The lowest BCUT2D eigenvalue weighted by atomic mass is 9.88. The molecule has 0 aromatic rings. The van der Waals surface area contributed by atoms with E-state index in [9.17, 15) is 4.79 Å². The van der Waals surface area contributed by atoms with Crippen molar-refractivity contribution < 1.29 is 9.53 Å². The van der Waals surface area contributed by atoms with Crippen molar-refractivity contribution in [3.8, 4) is 6.07 Å². The maximum absolute atomic E-state index is 11.6. The number of fused-ring (bicyclic) bond motifs is 2. The molecule has 1 aliphatic carbocycles. The maximum atomic E-state index is 11.6. The Bertz CT molecular complexity index is 332. The van der Waals surface area contributed by atoms with Gasteiger partial charge in [-0.25, -0.2) is 4.79 Å². The van der Waals surface area contributed by atoms with Gasteiger partial charge in [-0.15, -0.1) is 0 Å². The molecule has 0 aromatic heterocycles. The molecule has 0 saturated carbocycles. The number of esters is 1. The number of hydrogen-bond donors (Lipinski definition) is 1. The molecule has 14 heavy (non-hydrogen) atoms. The maximum Gasteiger partial charge on any atom is 0.341 e. The molecule has 0 spiro atoms. The average Bonchev–Trinajstić information content (AvgIpc) is 2.77. The van der Waals surface area contributed by atoms with Gasteiger partial charge in [-0.1, -0.05) is 12.2 Å². The molecule has 74 valence electrons. The summed E-state index contributed by atoms with van der Waals surface area (Å²) in [6.45, 7) is 2.05. The van der Waals surface area contributed by atoms with Gasteiger partial charge in [0.15, 0.2) is 0 Å². The van der Waals surface area contributed by atoms with Crippen molar-refractivity contribution in [2.45, 2.75) is 24.9 Å². The Morgan fingerprint density at radius 2 is 2.57 bits per heavy atom. The van der Waals surface area contributed by atoms with Gasteiger partial charge in [-0.3, -0.25) is 5.32 Å². The normalized spacial score (nSPS) is 38.3. The van der Waals surface area contributed by atoms with E-state index in [1.54, 1.807) is 6.92 Å². The van der Waals surface area contributed by atoms with Gasteiger partial charge in [0.25, 0.3) is 0 Å². The van der Waals surface area contributed by atoms with Gasteiger partial charge in [0.1, 0.15) is 0 Å². The van der Waals surface area contributed by atoms with Crippen molar-refractivity contribution in [2.75, 3.05) is 6.61 Å². The first-order chi connectivity index (χ1) is 6.73. The molecule has 3 atom stereocenters. The highest BCUT2D eigenvalue weighted by Crippen LogP contribution is 2.37. The van der Waals surface area contributed by atoms with Crippen molar-refractivity contribution in [1.29, 1.82) is 5.26 Å². The molecule has 0 amide bonds. The molecule has 2 bridgehead atoms. The van der Waals surface area contributed by atoms with Crippen LogP contribution in [-0.2, 0) is 9.53 Å². The SMILES string of the molecule is CCOC(=O)C1(C#N)NC2C=CC1C2. The number of carbonyl (C=O) groups excluding carboxylic acids is 1. The van der Waals surface area contributed by atoms with E-state index in [0.717, 1.165) is 6.42 Å². The summed E-state index contributed by atoms with van der Waals surface area (Å²) in [6.07, 6.45) is 4.76. The monoisotopic (exact) mass is 192 g/mol. The topological polar surface area (TPSA) is 62.1 Å². The molecule has 2 rings (SSSR count). The second kappa shape index (κ2) is 3.10. The highest BCUT2D eigenvalue weighted by molar-refractivity contribution is 5.86. The molecule has 4 nitrogen and oxygen atoms in total. The summed E-state index contributed by atoms with van der Waals surface area (Å²) in [6, 6.07) is 2.21. The van der Waals surface area contributed by atoms with Crippen LogP contribution in [0.15, 0.2) is 12.2 Å². The molecule has 1 saturated heterocycles. The Morgan fingerprint density at radius 1 is 1.79 bits per heavy atom. The van der Waals surface area contributed by atoms with Gasteiger partial charge in [-0.2, -0.15) is 5.26 Å². The van der Waals surface area contributed by atoms with E-state index < -0.39 is 11.5 Å². The van der Waals surface area contributed by atoms with Crippen LogP contribution in [0.3, 0.4) is 0 Å². The van der Waals surface area contributed by atoms with Crippen LogP contribution >= 0.6 is 0 Å². The van der Waals surface area contributed by atoms with Crippen LogP contribution in [0.4, 0.5) is 0 Å². The second-order valence-electron chi connectivity index (χ2n) is 3.62. The zero-order chi connectivity index (χ0) is 10.2. The molecule has 4 heteroatoms. The zero-order valence-electron chi connectivity index (χ0n) is 7.99. The molecule has 1 fully saturated rings. The number of nitriles is 1. The molecule has 0 aromatic carbocycles. The van der Waals surface area contributed by atoms with Crippen LogP contribution in [0.5, 0.6) is 0 Å². The Kier molecular flexibility index (Phi) is 2.05. The number of carbonyl (C=O) groups is 1. The van der Waals surface area contributed by atoms with E-state index in [4.69, 9.17) is 10.00 Å². The second-order valence-corrected chi connectivity index (χ2v) is 3.62. The number of nitrogens with one attached hydrogen (secondary N) is 1. The first kappa shape index (κ1) is 9.22. The van der Waals surface area contributed by atoms with Crippen molar-refractivity contribution in [3.63, 3.8) is 0 Å². The molecule has 1 aliphatic heterocycles. The summed E-state index contributed by atoms with van der Waals surface area (Å²) >= 11 is 0. The van der Waals surface area contributed by atoms with E-state index in [1.165, 1.54) is 0 Å². The van der Waals surface area contributed by atoms with E-state index in [-0.39, 0.29) is 12.0 Å². The van der Waals surface area contributed by atoms with Gasteiger partial charge < -0.3 is 4.74 Å². The van der Waals surface area contributed by atoms with Crippen molar-refractivity contribution in [3.05, 3.63) is 12.2 Å². The Labute approximate surface area is 82.5 Å². The van der Waals surface area contributed by atoms with Crippen LogP contribution in [0, 0.1) is 17.2 Å². The number of ether oxygens (including phenoxy) is 1. The first-order valence-corrected chi connectivity index (χ1v) is 4.77. The Morgan fingerprint density at radius 3 is 3.00 bits per heavy atom. The van der Waals surface area contributed by atoms with Crippen LogP contribution in [0.25, 0.3) is 0 Å². The molecule has 1 heterocycles. The molecular weight excluding hydrogens is 180 g/mol. The van der Waals surface area contributed by atoms with Crippen LogP contribution < -0.4 is 5.32 Å². The third kappa shape index (κ3) is 1.06. The third-order valence-corrected chi connectivity index (χ3v) is 2.83. The lowest BCUT2D eigenvalue weighted by Crippen LogP contribution is -2.54. The fourth-order valence-electron chi connectivity index (χ4n) is 2.14. The van der Waals surface area contributed by atoms with Crippen molar-refractivity contribution in [1.82, 2.24) is 5.32 Å². The minimum atomic E-state index is -1.13. The van der Waals surface area contributed by atoms with E-state index >= 15 is 0 Å². The summed E-state index contributed by atoms with van der Waals surface area (Å²) < 4.78 is 4.91. The summed E-state index contributed by atoms with van der Waals surface area (Å²) in [4.78, 5) is 11.6. The molecular formula is C10H12N2O2. The molecule has 2 aliphatic rings. The molecule has 0 radical (unpaired) electrons. The lowest BCUT2D eigenvalue weighted by Gasteiger charge is -2.26. The number of rotatable bonds is 2. The standard InChI is InChI=1S/C10H12N2O2/c1-2-14-9(13)10(6-11)7-3-4-8(5-7)12-10/h3-4,7-8,12H,2,5H2,1H3. The summed E-state index contributed by atoms with van der Waals surface area (Å²) in [5.41, 5.74) is -1.13. The van der Waals surface area contributed by atoms with Crippen LogP contribution in [0.2, 0.25) is 0 Å². The lowest BCUT2D eigenvalue weighted by molar-refractivity contribution is -0.149. The van der Waals surface area contributed by atoms with Crippen LogP contribution in [-0.4, -0.2) is 24.2 Å². The molecule has 1 N–H and O–H groups in total. The molecule has 3 unspecified atom stereocenters. The highest BCUT2D eigenvalue weighted by atomic mass is 16.5. The van der Waals surface area contributed by atoms with Gasteiger partial charge in [0.2, 0.25) is 5.54 Å². The fraction of sp³-hybridized carbons (Fsp3) is 0.600. The summed E-state index contributed by atoms with van der Waals surface area (Å²) in [7, 11) is 0. The highest BCUT2D eigenvalue weighted by Gasteiger charge is 2.55. The summed E-state index contributed by atoms with van der Waals surface area (Å²) in [5, 5.41) is 12.1. The van der Waals surface area contributed by atoms with Crippen molar-refractivity contribution in [2.24, 2.45) is 5.92 Å². The zero-order valence-corrected chi connectivity index (χ0v) is 7.99. The Balaban J connectivity index is 2.25.